The van der Waals surface area contributed by atoms with Gasteiger partial charge in [-0.05, 0) is 27.2 Å². The van der Waals surface area contributed by atoms with Gasteiger partial charge < -0.3 is 33.2 Å². The van der Waals surface area contributed by atoms with Crippen LogP contribution in [0.2, 0.25) is 0 Å². The van der Waals surface area contributed by atoms with Crippen molar-refractivity contribution in [3.05, 3.63) is 0 Å². The van der Waals surface area contributed by atoms with Gasteiger partial charge in [-0.3, -0.25) is 0 Å². The van der Waals surface area contributed by atoms with Crippen LogP contribution in [0.3, 0.4) is 0 Å². The van der Waals surface area contributed by atoms with Crippen molar-refractivity contribution in [1.82, 2.24) is 0 Å². The van der Waals surface area contributed by atoms with E-state index in [-0.39, 0.29) is 24.0 Å². The predicted octanol–water partition coefficient (Wildman–Crippen LogP) is -0.316. The first-order valence-corrected chi connectivity index (χ1v) is 6.17. The summed E-state index contributed by atoms with van der Waals surface area (Å²) < 4.78 is 6.82. The average Bonchev–Trinajstić information content (AvgIpc) is 2.24. The first-order chi connectivity index (χ1) is 6.74. The van der Waals surface area contributed by atoms with Gasteiger partial charge in [-0.1, -0.05) is 13.3 Å². The molecule has 0 aromatic heterocycles. The van der Waals surface area contributed by atoms with Gasteiger partial charge in [0.05, 0.1) is 26.2 Å². The van der Waals surface area contributed by atoms with Gasteiger partial charge in [-0.2, -0.15) is 0 Å². The maximum Gasteiger partial charge on any atom is 0.102 e. The molecule has 0 saturated carbocycles. The van der Waals surface area contributed by atoms with Crippen LogP contribution in [0.15, 0.2) is 0 Å². The molecule has 0 amide bonds. The molecule has 0 radical (unpaired) electrons. The second-order valence-electron chi connectivity index (χ2n) is 3.98. The van der Waals surface area contributed by atoms with Crippen LogP contribution in [0.5, 0.6) is 0 Å². The summed E-state index contributed by atoms with van der Waals surface area (Å²) in [6.45, 7) is 15.7. The van der Waals surface area contributed by atoms with Gasteiger partial charge in [0.25, 0.3) is 0 Å². The smallest absolute Gasteiger partial charge is 0.102 e. The van der Waals surface area contributed by atoms with Gasteiger partial charge >= 0.3 is 0 Å². The van der Waals surface area contributed by atoms with Crippen LogP contribution in [0, 0.1) is 0 Å². The second kappa shape index (κ2) is 11.1. The Morgan fingerprint density at radius 1 is 0.867 bits per heavy atom. The highest BCUT2D eigenvalue weighted by Crippen LogP contribution is 2.05. The minimum atomic E-state index is 0. The number of rotatable bonds is 9. The minimum absolute atomic E-state index is 0. The molecule has 0 fully saturated rings. The van der Waals surface area contributed by atoms with Gasteiger partial charge in [0.2, 0.25) is 0 Å². The Bertz CT molecular complexity index is 119. The van der Waals surface area contributed by atoms with Crippen LogP contribution >= 0.6 is 0 Å². The Morgan fingerprint density at radius 2 is 1.40 bits per heavy atom. The fourth-order valence-corrected chi connectivity index (χ4v) is 1.75. The molecule has 0 N–H and O–H groups in total. The molecule has 0 aliphatic carbocycles. The lowest BCUT2D eigenvalue weighted by Crippen LogP contribution is -3.00. The topological polar surface area (TPSA) is 9.23 Å². The average molecular weight is 329 g/mol. The number of hydrogen-bond donors (Lipinski definition) is 0. The molecule has 0 aromatic carbocycles. The van der Waals surface area contributed by atoms with Crippen molar-refractivity contribution in [2.75, 3.05) is 39.4 Å². The van der Waals surface area contributed by atoms with Crippen molar-refractivity contribution < 1.29 is 33.2 Å². The molecule has 0 heterocycles. The maximum atomic E-state index is 5.62. The molecule has 0 rings (SSSR count). The van der Waals surface area contributed by atoms with Crippen molar-refractivity contribution in [1.29, 1.82) is 0 Å². The van der Waals surface area contributed by atoms with E-state index in [9.17, 15) is 0 Å². The van der Waals surface area contributed by atoms with E-state index in [1.54, 1.807) is 0 Å². The quantitative estimate of drug-likeness (QED) is 0.320. The van der Waals surface area contributed by atoms with E-state index in [1.807, 2.05) is 0 Å². The number of likely N-dealkylation sites (N-methyl/N-ethyl adjacent to an activating group) is 1. The zero-order chi connectivity index (χ0) is 10.9. The summed E-state index contributed by atoms with van der Waals surface area (Å²) in [4.78, 5) is 0. The second-order valence-corrected chi connectivity index (χ2v) is 3.98. The third kappa shape index (κ3) is 7.53. The van der Waals surface area contributed by atoms with E-state index in [4.69, 9.17) is 4.74 Å². The van der Waals surface area contributed by atoms with Crippen molar-refractivity contribution in [3.8, 4) is 0 Å². The Hall–Kier alpha value is 0.650. The number of unbranched alkanes of at least 4 members (excludes halogenated alkanes) is 1. The van der Waals surface area contributed by atoms with Crippen LogP contribution < -0.4 is 24.0 Å². The van der Waals surface area contributed by atoms with Crippen LogP contribution in [-0.2, 0) is 4.74 Å². The monoisotopic (exact) mass is 329 g/mol. The first kappa shape index (κ1) is 18.0. The van der Waals surface area contributed by atoms with Crippen molar-refractivity contribution in [2.24, 2.45) is 0 Å². The highest BCUT2D eigenvalue weighted by atomic mass is 127. The molecule has 0 aliphatic heterocycles. The summed E-state index contributed by atoms with van der Waals surface area (Å²) in [5.41, 5.74) is 0. The molecule has 0 aliphatic rings. The lowest BCUT2D eigenvalue weighted by atomic mass is 10.3. The molecule has 3 heteroatoms. The number of hydrogen-bond acceptors (Lipinski definition) is 1. The highest BCUT2D eigenvalue weighted by molar-refractivity contribution is 4.39. The van der Waals surface area contributed by atoms with Crippen LogP contribution in [0.4, 0.5) is 0 Å². The van der Waals surface area contributed by atoms with E-state index in [0.717, 1.165) is 13.2 Å². The number of ether oxygens (including phenoxy) is 1. The summed E-state index contributed by atoms with van der Waals surface area (Å²) >= 11 is 0. The molecule has 0 saturated heterocycles. The highest BCUT2D eigenvalue weighted by Gasteiger charge is 2.19. The largest absolute Gasteiger partial charge is 1.00 e. The molecular formula is C12H28INO. The zero-order valence-corrected chi connectivity index (χ0v) is 13.0. The van der Waals surface area contributed by atoms with Gasteiger partial charge in [0.15, 0.2) is 0 Å². The predicted molar refractivity (Wildman–Crippen MR) is 62.5 cm³/mol. The molecule has 15 heavy (non-hydrogen) atoms. The van der Waals surface area contributed by atoms with Gasteiger partial charge in [0.1, 0.15) is 6.54 Å². The molecule has 94 valence electrons. The lowest BCUT2D eigenvalue weighted by Gasteiger charge is -2.35. The summed E-state index contributed by atoms with van der Waals surface area (Å²) in [6.07, 6.45) is 2.43. The fraction of sp³-hybridized carbons (Fsp3) is 1.00. The molecule has 0 unspecified atom stereocenters. The Morgan fingerprint density at radius 3 is 1.80 bits per heavy atom. The molecule has 0 bridgehead atoms. The van der Waals surface area contributed by atoms with Gasteiger partial charge in [0, 0.05) is 6.61 Å². The van der Waals surface area contributed by atoms with E-state index in [2.05, 4.69) is 27.7 Å². The zero-order valence-electron chi connectivity index (χ0n) is 10.9. The molecular weight excluding hydrogens is 301 g/mol. The third-order valence-corrected chi connectivity index (χ3v) is 3.36. The van der Waals surface area contributed by atoms with Gasteiger partial charge in [-0.25, -0.2) is 0 Å². The standard InChI is InChI=1S/C12H28NO.HI/c1-5-9-11-14-12-10-13(6-2,7-3)8-4;/h5-12H2,1-4H3;1H/q+1;/p-1. The SMILES string of the molecule is CCCCOCC[N+](CC)(CC)CC.[I-]. The minimum Gasteiger partial charge on any atom is -1.00 e. The fourth-order valence-electron chi connectivity index (χ4n) is 1.75. The summed E-state index contributed by atoms with van der Waals surface area (Å²) in [7, 11) is 0. The van der Waals surface area contributed by atoms with Crippen LogP contribution in [0.25, 0.3) is 0 Å². The summed E-state index contributed by atoms with van der Waals surface area (Å²) in [6, 6.07) is 0. The van der Waals surface area contributed by atoms with E-state index < -0.39 is 0 Å². The van der Waals surface area contributed by atoms with E-state index in [0.29, 0.717) is 0 Å². The Labute approximate surface area is 113 Å². The van der Waals surface area contributed by atoms with Crippen molar-refractivity contribution in [2.45, 2.75) is 40.5 Å². The first-order valence-electron chi connectivity index (χ1n) is 6.17. The summed E-state index contributed by atoms with van der Waals surface area (Å²) in [5, 5.41) is 0. The number of nitrogens with zero attached hydrogens (tertiary/aromatic N) is 1. The third-order valence-electron chi connectivity index (χ3n) is 3.36. The van der Waals surface area contributed by atoms with E-state index >= 15 is 0 Å². The Kier molecular flexibility index (Phi) is 13.4. The molecule has 0 aromatic rings. The number of halogens is 1. The maximum absolute atomic E-state index is 5.62. The van der Waals surface area contributed by atoms with Crippen molar-refractivity contribution in [3.63, 3.8) is 0 Å². The lowest BCUT2D eigenvalue weighted by molar-refractivity contribution is -0.923. The summed E-state index contributed by atoms with van der Waals surface area (Å²) in [5.74, 6) is 0. The van der Waals surface area contributed by atoms with E-state index in [1.165, 1.54) is 43.5 Å². The Balaban J connectivity index is 0. The van der Waals surface area contributed by atoms with Crippen LogP contribution in [-0.4, -0.2) is 43.9 Å². The molecule has 0 spiro atoms. The molecule has 2 nitrogen and oxygen atoms in total. The van der Waals surface area contributed by atoms with Gasteiger partial charge in [-0.15, -0.1) is 0 Å². The number of quaternary nitrogens is 1. The normalized spacial score (nSPS) is 11.2. The molecule has 0 atom stereocenters. The van der Waals surface area contributed by atoms with Crippen molar-refractivity contribution >= 4 is 0 Å². The van der Waals surface area contributed by atoms with Crippen LogP contribution in [0.1, 0.15) is 40.5 Å².